The molecule has 140 valence electrons. The number of nitrogens with zero attached hydrogens (tertiary/aromatic N) is 1. The van der Waals surface area contributed by atoms with E-state index in [4.69, 9.17) is 10.5 Å². The van der Waals surface area contributed by atoms with E-state index >= 15 is 0 Å². The van der Waals surface area contributed by atoms with Crippen LogP contribution in [0, 0.1) is 0 Å². The lowest BCUT2D eigenvalue weighted by Gasteiger charge is -2.30. The van der Waals surface area contributed by atoms with Gasteiger partial charge in [-0.2, -0.15) is 0 Å². The molecule has 26 heavy (non-hydrogen) atoms. The Labute approximate surface area is 156 Å². The Morgan fingerprint density at radius 1 is 1.12 bits per heavy atom. The summed E-state index contributed by atoms with van der Waals surface area (Å²) in [6.45, 7) is 2.91. The highest BCUT2D eigenvalue weighted by Crippen LogP contribution is 2.34. The Morgan fingerprint density at radius 2 is 1.85 bits per heavy atom. The molecule has 4 nitrogen and oxygen atoms in total. The maximum Gasteiger partial charge on any atom is 0.254 e. The molecule has 1 aromatic heterocycles. The fourth-order valence-corrected chi connectivity index (χ4v) is 3.91. The monoisotopic (exact) mass is 354 g/mol. The first-order valence-corrected chi connectivity index (χ1v) is 9.79. The third-order valence-electron chi connectivity index (χ3n) is 5.57. The van der Waals surface area contributed by atoms with Gasteiger partial charge in [0.1, 0.15) is 0 Å². The van der Waals surface area contributed by atoms with Crippen LogP contribution in [0.3, 0.4) is 0 Å². The molecule has 1 aliphatic carbocycles. The highest BCUT2D eigenvalue weighted by molar-refractivity contribution is 5.20. The Bertz CT molecular complexity index is 733. The zero-order chi connectivity index (χ0) is 18.4. The van der Waals surface area contributed by atoms with Gasteiger partial charge < -0.3 is 15.0 Å². The first kappa shape index (κ1) is 18.9. The van der Waals surface area contributed by atoms with E-state index in [1.807, 2.05) is 25.3 Å². The van der Waals surface area contributed by atoms with Crippen LogP contribution in [0.5, 0.6) is 0 Å². The molecular weight excluding hydrogens is 324 g/mol. The summed E-state index contributed by atoms with van der Waals surface area (Å²) in [6.07, 6.45) is 7.30. The van der Waals surface area contributed by atoms with Gasteiger partial charge in [0.05, 0.1) is 18.8 Å². The molecule has 4 heteroatoms. The van der Waals surface area contributed by atoms with Crippen LogP contribution in [0.2, 0.25) is 0 Å². The lowest BCUT2D eigenvalue weighted by molar-refractivity contribution is 0.00783. The van der Waals surface area contributed by atoms with Crippen molar-refractivity contribution in [3.8, 4) is 0 Å². The zero-order valence-electron chi connectivity index (χ0n) is 15.6. The SMILES string of the molecule is CCc1cccn([C@H](CN)CO[C@H]2CC[C@@H](c3ccccc3)CC2)c1=O. The maximum atomic E-state index is 12.5. The van der Waals surface area contributed by atoms with Crippen molar-refractivity contribution in [2.75, 3.05) is 13.2 Å². The van der Waals surface area contributed by atoms with E-state index in [2.05, 4.69) is 30.3 Å². The van der Waals surface area contributed by atoms with Crippen molar-refractivity contribution >= 4 is 0 Å². The molecule has 0 unspecified atom stereocenters. The molecule has 1 saturated carbocycles. The van der Waals surface area contributed by atoms with Crippen LogP contribution in [0.25, 0.3) is 0 Å². The van der Waals surface area contributed by atoms with Crippen LogP contribution in [0.15, 0.2) is 53.5 Å². The number of pyridine rings is 1. The van der Waals surface area contributed by atoms with E-state index in [0.717, 1.165) is 37.7 Å². The number of aromatic nitrogens is 1. The van der Waals surface area contributed by atoms with Gasteiger partial charge in [-0.15, -0.1) is 0 Å². The molecule has 2 aromatic rings. The fraction of sp³-hybridized carbons (Fsp3) is 0.500. The third kappa shape index (κ3) is 4.43. The van der Waals surface area contributed by atoms with Crippen LogP contribution >= 0.6 is 0 Å². The third-order valence-corrected chi connectivity index (χ3v) is 5.57. The van der Waals surface area contributed by atoms with Crippen molar-refractivity contribution in [1.82, 2.24) is 4.57 Å². The van der Waals surface area contributed by atoms with Crippen molar-refractivity contribution < 1.29 is 4.74 Å². The molecule has 1 heterocycles. The largest absolute Gasteiger partial charge is 0.376 e. The fourth-order valence-electron chi connectivity index (χ4n) is 3.91. The van der Waals surface area contributed by atoms with Crippen LogP contribution in [0.4, 0.5) is 0 Å². The number of aryl methyl sites for hydroxylation is 1. The predicted molar refractivity (Wildman–Crippen MR) is 106 cm³/mol. The van der Waals surface area contributed by atoms with Crippen LogP contribution in [0.1, 0.15) is 55.7 Å². The molecule has 0 radical (unpaired) electrons. The standard InChI is InChI=1S/C22H30N2O2/c1-2-17-9-6-14-24(22(17)25)20(15-23)16-26-21-12-10-19(11-13-21)18-7-4-3-5-8-18/h3-9,14,19-21H,2,10-13,15-16,23H2,1H3/t19-,20-,21+/m1/s1. The molecule has 1 aliphatic rings. The van der Waals surface area contributed by atoms with E-state index < -0.39 is 0 Å². The van der Waals surface area contributed by atoms with Gasteiger partial charge >= 0.3 is 0 Å². The Morgan fingerprint density at radius 3 is 2.50 bits per heavy atom. The highest BCUT2D eigenvalue weighted by Gasteiger charge is 2.24. The van der Waals surface area contributed by atoms with Gasteiger partial charge in [0, 0.05) is 18.3 Å². The normalized spacial score (nSPS) is 21.5. The highest BCUT2D eigenvalue weighted by atomic mass is 16.5. The minimum Gasteiger partial charge on any atom is -0.376 e. The number of nitrogens with two attached hydrogens (primary N) is 1. The van der Waals surface area contributed by atoms with E-state index in [1.165, 1.54) is 5.56 Å². The lowest BCUT2D eigenvalue weighted by atomic mass is 9.83. The quantitative estimate of drug-likeness (QED) is 0.826. The Balaban J connectivity index is 1.55. The number of hydrogen-bond donors (Lipinski definition) is 1. The van der Waals surface area contributed by atoms with Crippen molar-refractivity contribution in [2.24, 2.45) is 5.73 Å². The first-order valence-electron chi connectivity index (χ1n) is 9.79. The second kappa shape index (κ2) is 9.15. The molecule has 3 rings (SSSR count). The second-order valence-corrected chi connectivity index (χ2v) is 7.21. The summed E-state index contributed by atoms with van der Waals surface area (Å²) >= 11 is 0. The average molecular weight is 354 g/mol. The smallest absolute Gasteiger partial charge is 0.254 e. The average Bonchev–Trinajstić information content (AvgIpc) is 2.70. The molecule has 0 aliphatic heterocycles. The summed E-state index contributed by atoms with van der Waals surface area (Å²) in [4.78, 5) is 12.5. The predicted octanol–water partition coefficient (Wildman–Crippen LogP) is 3.65. The van der Waals surface area contributed by atoms with Crippen molar-refractivity contribution in [3.05, 3.63) is 70.1 Å². The molecule has 0 spiro atoms. The molecule has 0 saturated heterocycles. The van der Waals surface area contributed by atoms with E-state index in [9.17, 15) is 4.79 Å². The number of benzene rings is 1. The molecule has 1 fully saturated rings. The first-order chi connectivity index (χ1) is 12.7. The Hall–Kier alpha value is -1.91. The molecule has 2 N–H and O–H groups in total. The topological polar surface area (TPSA) is 57.2 Å². The minimum atomic E-state index is -0.0964. The van der Waals surface area contributed by atoms with Crippen LogP contribution < -0.4 is 11.3 Å². The molecule has 1 aromatic carbocycles. The zero-order valence-corrected chi connectivity index (χ0v) is 15.6. The van der Waals surface area contributed by atoms with Gasteiger partial charge in [-0.25, -0.2) is 0 Å². The summed E-state index contributed by atoms with van der Waals surface area (Å²) in [7, 11) is 0. The molecular formula is C22H30N2O2. The van der Waals surface area contributed by atoms with Crippen LogP contribution in [-0.4, -0.2) is 23.8 Å². The Kier molecular flexibility index (Phi) is 6.64. The second-order valence-electron chi connectivity index (χ2n) is 7.21. The summed E-state index contributed by atoms with van der Waals surface area (Å²) in [5.41, 5.74) is 8.26. The summed E-state index contributed by atoms with van der Waals surface area (Å²) < 4.78 is 7.91. The molecule has 0 amide bonds. The van der Waals surface area contributed by atoms with E-state index in [1.54, 1.807) is 4.57 Å². The maximum absolute atomic E-state index is 12.5. The van der Waals surface area contributed by atoms with Gasteiger partial charge in [0.25, 0.3) is 5.56 Å². The number of rotatable bonds is 7. The van der Waals surface area contributed by atoms with Crippen molar-refractivity contribution in [1.29, 1.82) is 0 Å². The summed E-state index contributed by atoms with van der Waals surface area (Å²) in [5.74, 6) is 0.644. The number of ether oxygens (including phenoxy) is 1. The lowest BCUT2D eigenvalue weighted by Crippen LogP contribution is -2.35. The summed E-state index contributed by atoms with van der Waals surface area (Å²) in [5, 5.41) is 0. The van der Waals surface area contributed by atoms with Gasteiger partial charge in [-0.3, -0.25) is 4.79 Å². The van der Waals surface area contributed by atoms with Crippen molar-refractivity contribution in [3.63, 3.8) is 0 Å². The van der Waals surface area contributed by atoms with Crippen molar-refractivity contribution in [2.45, 2.75) is 57.1 Å². The molecule has 0 bridgehead atoms. The minimum absolute atomic E-state index is 0.0573. The molecule has 1 atom stereocenters. The van der Waals surface area contributed by atoms with Gasteiger partial charge in [0.15, 0.2) is 0 Å². The van der Waals surface area contributed by atoms with E-state index in [0.29, 0.717) is 19.1 Å². The number of hydrogen-bond acceptors (Lipinski definition) is 3. The van der Waals surface area contributed by atoms with Gasteiger partial charge in [-0.05, 0) is 49.7 Å². The van der Waals surface area contributed by atoms with Crippen LogP contribution in [-0.2, 0) is 11.2 Å². The summed E-state index contributed by atoms with van der Waals surface area (Å²) in [6, 6.07) is 14.5. The van der Waals surface area contributed by atoms with Gasteiger partial charge in [0.2, 0.25) is 0 Å². The van der Waals surface area contributed by atoms with E-state index in [-0.39, 0.29) is 17.7 Å². The van der Waals surface area contributed by atoms with Gasteiger partial charge in [-0.1, -0.05) is 43.3 Å².